The molecule has 7 nitrogen and oxygen atoms in total. The van der Waals surface area contributed by atoms with Crippen LogP contribution in [0, 0.1) is 24.1 Å². The molecule has 1 amide bonds. The Morgan fingerprint density at radius 1 is 1.38 bits per heavy atom. The summed E-state index contributed by atoms with van der Waals surface area (Å²) in [5.74, 6) is -1.64. The average Bonchev–Trinajstić information content (AvgIpc) is 2.92. The largest absolute Gasteiger partial charge is 0.452 e. The van der Waals surface area contributed by atoms with E-state index in [1.54, 1.807) is 6.92 Å². The molecular formula is C17H16ClFN4O3. The van der Waals surface area contributed by atoms with Crippen LogP contribution in [-0.2, 0) is 9.53 Å². The van der Waals surface area contributed by atoms with Crippen LogP contribution in [0.15, 0.2) is 24.3 Å². The summed E-state index contributed by atoms with van der Waals surface area (Å²) < 4.78 is 19.3. The molecule has 2 rings (SSSR count). The number of nitriles is 1. The smallest absolute Gasteiger partial charge is 0.343 e. The van der Waals surface area contributed by atoms with E-state index in [2.05, 4.69) is 5.10 Å². The number of benzene rings is 1. The second-order valence-electron chi connectivity index (χ2n) is 5.44. The van der Waals surface area contributed by atoms with Gasteiger partial charge in [0.15, 0.2) is 6.61 Å². The first-order valence-electron chi connectivity index (χ1n) is 7.64. The highest BCUT2D eigenvalue weighted by Gasteiger charge is 2.23. The van der Waals surface area contributed by atoms with Gasteiger partial charge in [0, 0.05) is 13.6 Å². The number of carbonyl (C=O) groups excluding carboxylic acids is 2. The van der Waals surface area contributed by atoms with E-state index in [0.717, 1.165) is 0 Å². The molecule has 0 aliphatic heterocycles. The van der Waals surface area contributed by atoms with E-state index >= 15 is 0 Å². The molecule has 0 saturated heterocycles. The highest BCUT2D eigenvalue weighted by Crippen LogP contribution is 2.24. The molecule has 136 valence electrons. The number of aryl methyl sites for hydroxylation is 1. The quantitative estimate of drug-likeness (QED) is 0.720. The van der Waals surface area contributed by atoms with E-state index in [4.69, 9.17) is 21.6 Å². The fourth-order valence-corrected chi connectivity index (χ4v) is 2.49. The number of carbonyl (C=O) groups is 2. The number of amides is 1. The standard InChI is InChI=1S/C17H16ClFN4O3/c1-11-15(17(25)26-10-14(24)22(2)9-3-8-20)16(18)23(21-11)13-6-4-12(19)5-7-13/h4-7H,3,9-10H2,1-2H3. The zero-order chi connectivity index (χ0) is 19.3. The second kappa shape index (κ2) is 8.45. The lowest BCUT2D eigenvalue weighted by atomic mass is 10.2. The zero-order valence-corrected chi connectivity index (χ0v) is 15.0. The number of aromatic nitrogens is 2. The first-order valence-corrected chi connectivity index (χ1v) is 8.02. The van der Waals surface area contributed by atoms with Crippen LogP contribution in [0.5, 0.6) is 0 Å². The molecule has 0 atom stereocenters. The van der Waals surface area contributed by atoms with Gasteiger partial charge >= 0.3 is 5.97 Å². The Morgan fingerprint density at radius 3 is 2.65 bits per heavy atom. The van der Waals surface area contributed by atoms with Crippen molar-refractivity contribution in [2.75, 3.05) is 20.2 Å². The van der Waals surface area contributed by atoms with E-state index in [9.17, 15) is 14.0 Å². The van der Waals surface area contributed by atoms with Gasteiger partial charge < -0.3 is 9.64 Å². The van der Waals surface area contributed by atoms with Crippen molar-refractivity contribution in [2.45, 2.75) is 13.3 Å². The van der Waals surface area contributed by atoms with Crippen molar-refractivity contribution < 1.29 is 18.7 Å². The highest BCUT2D eigenvalue weighted by molar-refractivity contribution is 6.33. The Labute approximate surface area is 154 Å². The lowest BCUT2D eigenvalue weighted by Crippen LogP contribution is -2.32. The molecule has 9 heteroatoms. The minimum Gasteiger partial charge on any atom is -0.452 e. The predicted molar refractivity (Wildman–Crippen MR) is 91.4 cm³/mol. The number of nitrogens with zero attached hydrogens (tertiary/aromatic N) is 4. The summed E-state index contributed by atoms with van der Waals surface area (Å²) in [6, 6.07) is 7.36. The Balaban J connectivity index is 2.11. The number of rotatable bonds is 6. The topological polar surface area (TPSA) is 88.2 Å². The summed E-state index contributed by atoms with van der Waals surface area (Å²) in [6.07, 6.45) is 0.186. The van der Waals surface area contributed by atoms with Crippen LogP contribution < -0.4 is 0 Å². The van der Waals surface area contributed by atoms with E-state index < -0.39 is 24.3 Å². The molecule has 0 aliphatic carbocycles. The summed E-state index contributed by atoms with van der Waals surface area (Å²) in [4.78, 5) is 25.4. The van der Waals surface area contributed by atoms with Crippen LogP contribution >= 0.6 is 11.6 Å². The van der Waals surface area contributed by atoms with Crippen molar-refractivity contribution in [2.24, 2.45) is 0 Å². The monoisotopic (exact) mass is 378 g/mol. The molecule has 1 aromatic heterocycles. The molecule has 0 fully saturated rings. The van der Waals surface area contributed by atoms with Crippen LogP contribution in [0.25, 0.3) is 5.69 Å². The molecule has 0 aliphatic rings. The van der Waals surface area contributed by atoms with Gasteiger partial charge in [0.25, 0.3) is 5.91 Å². The van der Waals surface area contributed by atoms with Gasteiger partial charge in [-0.25, -0.2) is 13.9 Å². The second-order valence-corrected chi connectivity index (χ2v) is 5.80. The zero-order valence-electron chi connectivity index (χ0n) is 14.2. The van der Waals surface area contributed by atoms with Crippen molar-refractivity contribution in [3.8, 4) is 11.8 Å². The number of likely N-dealkylation sites (N-methyl/N-ethyl adjacent to an activating group) is 1. The first-order chi connectivity index (χ1) is 12.3. The molecule has 1 heterocycles. The Hall–Kier alpha value is -2.92. The molecule has 0 spiro atoms. The van der Waals surface area contributed by atoms with Gasteiger partial charge in [0.1, 0.15) is 16.5 Å². The number of ether oxygens (including phenoxy) is 1. The van der Waals surface area contributed by atoms with E-state index in [0.29, 0.717) is 11.4 Å². The van der Waals surface area contributed by atoms with Crippen molar-refractivity contribution in [3.05, 3.63) is 46.5 Å². The van der Waals surface area contributed by atoms with Crippen LogP contribution in [0.1, 0.15) is 22.5 Å². The van der Waals surface area contributed by atoms with Crippen molar-refractivity contribution in [1.82, 2.24) is 14.7 Å². The van der Waals surface area contributed by atoms with Crippen molar-refractivity contribution in [1.29, 1.82) is 5.26 Å². The predicted octanol–water partition coefficient (Wildman–Crippen LogP) is 2.50. The molecule has 0 unspecified atom stereocenters. The summed E-state index contributed by atoms with van der Waals surface area (Å²) in [5.41, 5.74) is 0.823. The Kier molecular flexibility index (Phi) is 6.31. The number of hydrogen-bond donors (Lipinski definition) is 0. The molecule has 0 N–H and O–H groups in total. The van der Waals surface area contributed by atoms with E-state index in [1.165, 1.54) is 40.9 Å². The summed E-state index contributed by atoms with van der Waals surface area (Å²) in [6.45, 7) is 1.34. The van der Waals surface area contributed by atoms with Gasteiger partial charge in [0.05, 0.1) is 23.9 Å². The average molecular weight is 379 g/mol. The van der Waals surface area contributed by atoms with Crippen molar-refractivity contribution >= 4 is 23.5 Å². The first kappa shape index (κ1) is 19.4. The van der Waals surface area contributed by atoms with Crippen LogP contribution in [0.3, 0.4) is 0 Å². The molecule has 0 radical (unpaired) electrons. The van der Waals surface area contributed by atoms with E-state index in [-0.39, 0.29) is 23.7 Å². The van der Waals surface area contributed by atoms with Gasteiger partial charge in [-0.05, 0) is 31.2 Å². The van der Waals surface area contributed by atoms with Gasteiger partial charge in [-0.3, -0.25) is 4.79 Å². The lowest BCUT2D eigenvalue weighted by molar-refractivity contribution is -0.133. The normalized spacial score (nSPS) is 10.3. The van der Waals surface area contributed by atoms with Gasteiger partial charge in [-0.15, -0.1) is 0 Å². The number of hydrogen-bond acceptors (Lipinski definition) is 5. The maximum absolute atomic E-state index is 13.0. The third kappa shape index (κ3) is 4.37. The lowest BCUT2D eigenvalue weighted by Gasteiger charge is -2.15. The van der Waals surface area contributed by atoms with Gasteiger partial charge in [-0.2, -0.15) is 10.4 Å². The van der Waals surface area contributed by atoms with Gasteiger partial charge in [0.2, 0.25) is 0 Å². The fraction of sp³-hybridized carbons (Fsp3) is 0.294. The van der Waals surface area contributed by atoms with E-state index in [1.807, 2.05) is 6.07 Å². The molecule has 0 bridgehead atoms. The molecule has 0 saturated carbocycles. The fourth-order valence-electron chi connectivity index (χ4n) is 2.14. The van der Waals surface area contributed by atoms with Crippen LogP contribution in [-0.4, -0.2) is 46.8 Å². The number of esters is 1. The molecule has 1 aromatic carbocycles. The van der Waals surface area contributed by atoms with Gasteiger partial charge in [-0.1, -0.05) is 11.6 Å². The molecular weight excluding hydrogens is 363 g/mol. The number of halogens is 2. The Bertz CT molecular complexity index is 858. The van der Waals surface area contributed by atoms with Crippen LogP contribution in [0.2, 0.25) is 5.15 Å². The Morgan fingerprint density at radius 2 is 2.04 bits per heavy atom. The SMILES string of the molecule is Cc1nn(-c2ccc(F)cc2)c(Cl)c1C(=O)OCC(=O)N(C)CCC#N. The summed E-state index contributed by atoms with van der Waals surface area (Å²) in [7, 11) is 1.51. The minimum atomic E-state index is -0.789. The minimum absolute atomic E-state index is 0.00407. The third-order valence-corrected chi connectivity index (χ3v) is 3.94. The molecule has 26 heavy (non-hydrogen) atoms. The maximum Gasteiger partial charge on any atom is 0.343 e. The molecule has 2 aromatic rings. The highest BCUT2D eigenvalue weighted by atomic mass is 35.5. The van der Waals surface area contributed by atoms with Crippen LogP contribution in [0.4, 0.5) is 4.39 Å². The summed E-state index contributed by atoms with van der Waals surface area (Å²) in [5, 5.41) is 12.7. The summed E-state index contributed by atoms with van der Waals surface area (Å²) >= 11 is 6.22. The third-order valence-electron chi connectivity index (χ3n) is 3.59. The maximum atomic E-state index is 13.0. The van der Waals surface area contributed by atoms with Crippen molar-refractivity contribution in [3.63, 3.8) is 0 Å².